The summed E-state index contributed by atoms with van der Waals surface area (Å²) in [5, 5.41) is 14.6. The van der Waals surface area contributed by atoms with Crippen molar-refractivity contribution in [3.8, 4) is 11.5 Å². The summed E-state index contributed by atoms with van der Waals surface area (Å²) < 4.78 is 11.0. The first kappa shape index (κ1) is 23.3. The van der Waals surface area contributed by atoms with Crippen LogP contribution < -0.4 is 14.4 Å². The van der Waals surface area contributed by atoms with E-state index in [-0.39, 0.29) is 12.7 Å². The first-order valence-electron chi connectivity index (χ1n) is 12.9. The summed E-state index contributed by atoms with van der Waals surface area (Å²) in [4.78, 5) is 16.2. The van der Waals surface area contributed by atoms with E-state index in [9.17, 15) is 9.90 Å². The maximum Gasteiger partial charge on any atom is 0.261 e. The molecule has 5 nitrogen and oxygen atoms in total. The number of carbonyl (C=O) groups excluding carboxylic acids is 1. The van der Waals surface area contributed by atoms with Crippen molar-refractivity contribution >= 4 is 34.0 Å². The van der Waals surface area contributed by atoms with E-state index in [1.54, 1.807) is 4.90 Å². The lowest BCUT2D eigenvalue weighted by atomic mass is 9.80. The van der Waals surface area contributed by atoms with Crippen molar-refractivity contribution in [2.75, 3.05) is 11.7 Å². The van der Waals surface area contributed by atoms with Gasteiger partial charge < -0.3 is 14.6 Å². The molecule has 0 aliphatic carbocycles. The van der Waals surface area contributed by atoms with Crippen molar-refractivity contribution in [3.63, 3.8) is 0 Å². The molecule has 1 amide bonds. The number of ether oxygens (including phenoxy) is 2. The van der Waals surface area contributed by atoms with E-state index in [2.05, 4.69) is 0 Å². The minimum Gasteiger partial charge on any atom is -0.454 e. The molecule has 2 aliphatic rings. The highest BCUT2D eigenvalue weighted by molar-refractivity contribution is 6.33. The summed E-state index contributed by atoms with van der Waals surface area (Å²) >= 11 is 0. The van der Waals surface area contributed by atoms with Crippen molar-refractivity contribution < 1.29 is 19.4 Å². The van der Waals surface area contributed by atoms with Crippen LogP contribution >= 0.6 is 0 Å². The lowest BCUT2D eigenvalue weighted by Gasteiger charge is -2.45. The predicted octanol–water partition coefficient (Wildman–Crippen LogP) is 6.66. The number of aryl methyl sites for hydroxylation is 1. The Morgan fingerprint density at radius 2 is 1.56 bits per heavy atom. The zero-order valence-electron chi connectivity index (χ0n) is 21.3. The first-order valence-corrected chi connectivity index (χ1v) is 12.9. The van der Waals surface area contributed by atoms with Gasteiger partial charge in [-0.05, 0) is 47.7 Å². The van der Waals surface area contributed by atoms with Crippen LogP contribution in [0.4, 0.5) is 5.69 Å². The molecule has 0 bridgehead atoms. The van der Waals surface area contributed by atoms with Gasteiger partial charge in [0.05, 0.1) is 5.69 Å². The van der Waals surface area contributed by atoms with Gasteiger partial charge in [-0.3, -0.25) is 9.69 Å². The van der Waals surface area contributed by atoms with Crippen molar-refractivity contribution in [1.29, 1.82) is 0 Å². The maximum atomic E-state index is 14.7. The Morgan fingerprint density at radius 3 is 2.44 bits per heavy atom. The number of rotatable bonds is 3. The molecular weight excluding hydrogens is 486 g/mol. The zero-order valence-corrected chi connectivity index (χ0v) is 21.3. The highest BCUT2D eigenvalue weighted by atomic mass is 16.7. The van der Waals surface area contributed by atoms with Crippen LogP contribution in [0.3, 0.4) is 0 Å². The van der Waals surface area contributed by atoms with E-state index < -0.39 is 5.72 Å². The van der Waals surface area contributed by atoms with E-state index >= 15 is 0 Å². The lowest BCUT2D eigenvalue weighted by Crippen LogP contribution is -2.54. The Balaban J connectivity index is 1.52. The van der Waals surface area contributed by atoms with E-state index in [1.807, 2.05) is 122 Å². The molecule has 0 spiro atoms. The topological polar surface area (TPSA) is 59.0 Å². The average molecular weight is 512 g/mol. The minimum absolute atomic E-state index is 0.176. The van der Waals surface area contributed by atoms with Gasteiger partial charge in [0.2, 0.25) is 6.79 Å². The smallest absolute Gasteiger partial charge is 0.261 e. The number of amides is 1. The normalized spacial score (nSPS) is 19.0. The van der Waals surface area contributed by atoms with Crippen molar-refractivity contribution in [1.82, 2.24) is 0 Å². The van der Waals surface area contributed by atoms with Gasteiger partial charge in [-0.2, -0.15) is 0 Å². The number of aliphatic hydroxyl groups is 1. The number of carbonyl (C=O) groups is 1. The molecule has 5 aromatic carbocycles. The third-order valence-corrected chi connectivity index (χ3v) is 7.52. The quantitative estimate of drug-likeness (QED) is 0.275. The van der Waals surface area contributed by atoms with Crippen LogP contribution in [0.5, 0.6) is 11.5 Å². The maximum absolute atomic E-state index is 14.7. The predicted molar refractivity (Wildman–Crippen MR) is 152 cm³/mol. The molecule has 0 radical (unpaired) electrons. The lowest BCUT2D eigenvalue weighted by molar-refractivity contribution is -0.117. The van der Waals surface area contributed by atoms with Crippen LogP contribution in [0, 0.1) is 6.92 Å². The SMILES string of the molecule is Cc1ccc(C2(O)c3ccccc3/C(=C\c3ccc4c(c3)OCO4)C(=O)N2c2cccc3ccccc23)cc1. The Hall–Kier alpha value is -4.87. The summed E-state index contributed by atoms with van der Waals surface area (Å²) in [5.41, 5.74) is 3.17. The molecule has 0 aromatic heterocycles. The van der Waals surface area contributed by atoms with Gasteiger partial charge in [-0.15, -0.1) is 0 Å². The fourth-order valence-electron chi connectivity index (χ4n) is 5.59. The largest absolute Gasteiger partial charge is 0.454 e. The Kier molecular flexibility index (Phi) is 5.28. The summed E-state index contributed by atoms with van der Waals surface area (Å²) in [6, 6.07) is 34.6. The van der Waals surface area contributed by atoms with Crippen LogP contribution in [0.2, 0.25) is 0 Å². The highest BCUT2D eigenvalue weighted by Crippen LogP contribution is 2.48. The summed E-state index contributed by atoms with van der Waals surface area (Å²) in [5.74, 6) is 1.02. The molecule has 7 rings (SSSR count). The summed E-state index contributed by atoms with van der Waals surface area (Å²) in [6.07, 6.45) is 1.86. The number of anilines is 1. The van der Waals surface area contributed by atoms with Gasteiger partial charge in [0.15, 0.2) is 17.2 Å². The van der Waals surface area contributed by atoms with Gasteiger partial charge >= 0.3 is 0 Å². The second kappa shape index (κ2) is 8.86. The molecule has 2 heterocycles. The van der Waals surface area contributed by atoms with Crippen molar-refractivity contribution in [2.45, 2.75) is 12.6 Å². The molecule has 0 saturated heterocycles. The molecule has 1 atom stereocenters. The summed E-state index contributed by atoms with van der Waals surface area (Å²) in [6.45, 7) is 2.18. The van der Waals surface area contributed by atoms with Crippen LogP contribution in [-0.2, 0) is 10.5 Å². The van der Waals surface area contributed by atoms with Crippen LogP contribution in [0.15, 0.2) is 109 Å². The number of nitrogens with zero attached hydrogens (tertiary/aromatic N) is 1. The Morgan fingerprint density at radius 1 is 0.821 bits per heavy atom. The molecule has 0 saturated carbocycles. The van der Waals surface area contributed by atoms with Gasteiger partial charge in [0.25, 0.3) is 5.91 Å². The number of hydrogen-bond acceptors (Lipinski definition) is 4. The fourth-order valence-corrected chi connectivity index (χ4v) is 5.59. The Bertz CT molecular complexity index is 1780. The van der Waals surface area contributed by atoms with E-state index in [4.69, 9.17) is 9.47 Å². The van der Waals surface area contributed by atoms with Crippen LogP contribution in [0.1, 0.15) is 27.8 Å². The average Bonchev–Trinajstić information content (AvgIpc) is 3.44. The number of hydrogen-bond donors (Lipinski definition) is 1. The first-order chi connectivity index (χ1) is 19.0. The fraction of sp³-hybridized carbons (Fsp3) is 0.0882. The Labute approximate surface area is 226 Å². The molecule has 0 fully saturated rings. The zero-order chi connectivity index (χ0) is 26.6. The standard InChI is InChI=1S/C34H25NO4/c1-22-13-16-25(17-14-22)34(37)29-11-5-4-10-27(29)28(19-23-15-18-31-32(20-23)39-21-38-31)33(36)35(34)30-12-6-8-24-7-2-3-9-26(24)30/h2-20,37H,21H2,1H3/b28-19+. The molecular formula is C34H25NO4. The van der Waals surface area contributed by atoms with Gasteiger partial charge in [-0.1, -0.05) is 96.6 Å². The van der Waals surface area contributed by atoms with Gasteiger partial charge in [-0.25, -0.2) is 0 Å². The molecule has 190 valence electrons. The van der Waals surface area contributed by atoms with Crippen LogP contribution in [-0.4, -0.2) is 17.8 Å². The monoisotopic (exact) mass is 511 g/mol. The molecule has 1 unspecified atom stereocenters. The van der Waals surface area contributed by atoms with E-state index in [0.29, 0.717) is 39.4 Å². The third kappa shape index (κ3) is 3.62. The molecule has 5 heteroatoms. The number of fused-ring (bicyclic) bond motifs is 3. The molecule has 1 N–H and O–H groups in total. The van der Waals surface area contributed by atoms with Gasteiger partial charge in [0, 0.05) is 22.1 Å². The van der Waals surface area contributed by atoms with Gasteiger partial charge in [0.1, 0.15) is 0 Å². The number of benzene rings is 5. The molecule has 2 aliphatic heterocycles. The van der Waals surface area contributed by atoms with Crippen LogP contribution in [0.25, 0.3) is 22.4 Å². The van der Waals surface area contributed by atoms with Crippen molar-refractivity contribution in [3.05, 3.63) is 137 Å². The molecule has 39 heavy (non-hydrogen) atoms. The third-order valence-electron chi connectivity index (χ3n) is 7.52. The van der Waals surface area contributed by atoms with E-state index in [1.165, 1.54) is 0 Å². The van der Waals surface area contributed by atoms with Crippen molar-refractivity contribution in [2.24, 2.45) is 0 Å². The minimum atomic E-state index is -1.74. The second-order valence-corrected chi connectivity index (χ2v) is 9.89. The summed E-state index contributed by atoms with van der Waals surface area (Å²) in [7, 11) is 0. The second-order valence-electron chi connectivity index (χ2n) is 9.89. The molecule has 5 aromatic rings. The van der Waals surface area contributed by atoms with E-state index in [0.717, 1.165) is 21.9 Å². The highest BCUT2D eigenvalue weighted by Gasteiger charge is 2.49.